The molecule has 0 saturated carbocycles. The molecule has 0 aliphatic carbocycles. The first-order chi connectivity index (χ1) is 7.16. The summed E-state index contributed by atoms with van der Waals surface area (Å²) < 4.78 is 5.38. The Balaban J connectivity index is 2.45. The number of nitro benzene ring substituents is 1. The smallest absolute Gasteiger partial charge is 0.270 e. The maximum absolute atomic E-state index is 10.6. The Morgan fingerprint density at radius 2 is 2.07 bits per heavy atom. The van der Waals surface area contributed by atoms with E-state index in [1.165, 1.54) is 12.1 Å². The summed E-state index contributed by atoms with van der Waals surface area (Å²) in [6.07, 6.45) is 0. The van der Waals surface area contributed by atoms with Crippen LogP contribution < -0.4 is 0 Å². The maximum Gasteiger partial charge on any atom is 0.270 e. The quantitative estimate of drug-likeness (QED) is 0.556. The minimum atomic E-state index is -0.417. The van der Waals surface area contributed by atoms with E-state index >= 15 is 0 Å². The van der Waals surface area contributed by atoms with Gasteiger partial charge < -0.3 is 4.42 Å². The third kappa shape index (κ3) is 1.88. The monoisotopic (exact) mass is 203 g/mol. The van der Waals surface area contributed by atoms with Crippen molar-refractivity contribution in [3.8, 4) is 11.3 Å². The molecule has 0 spiro atoms. The van der Waals surface area contributed by atoms with Crippen LogP contribution in [0.15, 0.2) is 40.8 Å². The van der Waals surface area contributed by atoms with Gasteiger partial charge in [-0.15, -0.1) is 0 Å². The van der Waals surface area contributed by atoms with Crippen LogP contribution in [-0.4, -0.2) is 4.92 Å². The number of hydrogen-bond acceptors (Lipinski definition) is 3. The van der Waals surface area contributed by atoms with E-state index in [-0.39, 0.29) is 5.69 Å². The summed E-state index contributed by atoms with van der Waals surface area (Å²) in [5.41, 5.74) is 0.791. The molecular weight excluding hydrogens is 194 g/mol. The summed E-state index contributed by atoms with van der Waals surface area (Å²) >= 11 is 0. The van der Waals surface area contributed by atoms with E-state index in [9.17, 15) is 10.1 Å². The van der Waals surface area contributed by atoms with E-state index in [4.69, 9.17) is 4.42 Å². The lowest BCUT2D eigenvalue weighted by Gasteiger charge is -1.96. The fraction of sp³-hybridized carbons (Fsp3) is 0.0909. The molecule has 15 heavy (non-hydrogen) atoms. The van der Waals surface area contributed by atoms with E-state index in [1.807, 2.05) is 13.0 Å². The van der Waals surface area contributed by atoms with Crippen molar-refractivity contribution in [2.45, 2.75) is 6.92 Å². The molecule has 0 radical (unpaired) electrons. The summed E-state index contributed by atoms with van der Waals surface area (Å²) in [4.78, 5) is 10.1. The van der Waals surface area contributed by atoms with Crippen molar-refractivity contribution in [1.82, 2.24) is 0 Å². The predicted molar refractivity (Wildman–Crippen MR) is 55.5 cm³/mol. The van der Waals surface area contributed by atoms with Gasteiger partial charge in [0.2, 0.25) is 0 Å². The molecule has 0 fully saturated rings. The van der Waals surface area contributed by atoms with Gasteiger partial charge >= 0.3 is 0 Å². The molecule has 0 N–H and O–H groups in total. The molecule has 0 bridgehead atoms. The molecule has 4 heteroatoms. The zero-order valence-corrected chi connectivity index (χ0v) is 8.14. The van der Waals surface area contributed by atoms with Gasteiger partial charge in [-0.25, -0.2) is 0 Å². The second kappa shape index (κ2) is 3.57. The van der Waals surface area contributed by atoms with E-state index in [0.29, 0.717) is 5.76 Å². The van der Waals surface area contributed by atoms with Gasteiger partial charge in [-0.05, 0) is 19.1 Å². The van der Waals surface area contributed by atoms with Crippen molar-refractivity contribution >= 4 is 5.69 Å². The van der Waals surface area contributed by atoms with Gasteiger partial charge in [0.05, 0.1) is 4.92 Å². The van der Waals surface area contributed by atoms with Gasteiger partial charge in [-0.3, -0.25) is 10.1 Å². The molecule has 0 amide bonds. The minimum Gasteiger partial charge on any atom is -0.461 e. The van der Waals surface area contributed by atoms with Gasteiger partial charge in [-0.2, -0.15) is 0 Å². The molecular formula is C11H9NO3. The molecule has 2 aromatic rings. The summed E-state index contributed by atoms with van der Waals surface area (Å²) in [5.74, 6) is 1.44. The standard InChI is InChI=1S/C11H9NO3/c1-8-5-6-11(15-8)9-3-2-4-10(7-9)12(13)14/h2-7H,1H3. The van der Waals surface area contributed by atoms with Crippen LogP contribution in [0.3, 0.4) is 0 Å². The Hall–Kier alpha value is -2.10. The number of aryl methyl sites for hydroxylation is 1. The summed E-state index contributed by atoms with van der Waals surface area (Å²) in [5, 5.41) is 10.6. The number of non-ortho nitro benzene ring substituents is 1. The highest BCUT2D eigenvalue weighted by molar-refractivity contribution is 5.61. The van der Waals surface area contributed by atoms with Crippen molar-refractivity contribution in [3.05, 3.63) is 52.3 Å². The third-order valence-electron chi connectivity index (χ3n) is 2.08. The Morgan fingerprint density at radius 1 is 1.27 bits per heavy atom. The zero-order valence-electron chi connectivity index (χ0n) is 8.14. The van der Waals surface area contributed by atoms with Gasteiger partial charge in [0.25, 0.3) is 5.69 Å². The second-order valence-corrected chi connectivity index (χ2v) is 3.22. The molecule has 0 atom stereocenters. The Labute approximate surface area is 86.3 Å². The number of hydrogen-bond donors (Lipinski definition) is 0. The molecule has 2 rings (SSSR count). The second-order valence-electron chi connectivity index (χ2n) is 3.22. The molecule has 76 valence electrons. The molecule has 1 aromatic heterocycles. The van der Waals surface area contributed by atoms with E-state index < -0.39 is 4.92 Å². The van der Waals surface area contributed by atoms with Crippen LogP contribution in [0.5, 0.6) is 0 Å². The number of benzene rings is 1. The SMILES string of the molecule is Cc1ccc(-c2cccc([N+](=O)[O-])c2)o1. The van der Waals surface area contributed by atoms with Crippen molar-refractivity contribution < 1.29 is 9.34 Å². The lowest BCUT2D eigenvalue weighted by molar-refractivity contribution is -0.384. The molecule has 1 aromatic carbocycles. The number of nitrogens with zero attached hydrogens (tertiary/aromatic N) is 1. The molecule has 0 saturated heterocycles. The van der Waals surface area contributed by atoms with Crippen molar-refractivity contribution in [1.29, 1.82) is 0 Å². The predicted octanol–water partition coefficient (Wildman–Crippen LogP) is 3.16. The molecule has 1 heterocycles. The van der Waals surface area contributed by atoms with Crippen LogP contribution in [0.25, 0.3) is 11.3 Å². The zero-order chi connectivity index (χ0) is 10.8. The summed E-state index contributed by atoms with van der Waals surface area (Å²) in [7, 11) is 0. The first-order valence-corrected chi connectivity index (χ1v) is 4.48. The highest BCUT2D eigenvalue weighted by Crippen LogP contribution is 2.25. The van der Waals surface area contributed by atoms with Crippen molar-refractivity contribution in [2.75, 3.05) is 0 Å². The van der Waals surface area contributed by atoms with Crippen LogP contribution in [0.1, 0.15) is 5.76 Å². The van der Waals surface area contributed by atoms with Crippen LogP contribution >= 0.6 is 0 Å². The van der Waals surface area contributed by atoms with Gasteiger partial charge in [0, 0.05) is 17.7 Å². The number of rotatable bonds is 2. The topological polar surface area (TPSA) is 56.3 Å². The fourth-order valence-corrected chi connectivity index (χ4v) is 1.36. The van der Waals surface area contributed by atoms with Crippen LogP contribution in [0.2, 0.25) is 0 Å². The van der Waals surface area contributed by atoms with Crippen LogP contribution in [-0.2, 0) is 0 Å². The first kappa shape index (κ1) is 9.45. The van der Waals surface area contributed by atoms with E-state index in [1.54, 1.807) is 18.2 Å². The Morgan fingerprint density at radius 3 is 2.67 bits per heavy atom. The summed E-state index contributed by atoms with van der Waals surface area (Å²) in [6, 6.07) is 10.0. The number of nitro groups is 1. The summed E-state index contributed by atoms with van der Waals surface area (Å²) in [6.45, 7) is 1.83. The van der Waals surface area contributed by atoms with Crippen molar-refractivity contribution in [3.63, 3.8) is 0 Å². The maximum atomic E-state index is 10.6. The normalized spacial score (nSPS) is 10.2. The Kier molecular flexibility index (Phi) is 2.25. The number of furan rings is 1. The Bertz CT molecular complexity index is 502. The molecule has 0 aliphatic heterocycles. The fourth-order valence-electron chi connectivity index (χ4n) is 1.36. The molecule has 0 unspecified atom stereocenters. The highest BCUT2D eigenvalue weighted by atomic mass is 16.6. The third-order valence-corrected chi connectivity index (χ3v) is 2.08. The average Bonchev–Trinajstić information content (AvgIpc) is 2.65. The molecule has 0 aliphatic rings. The lowest BCUT2D eigenvalue weighted by atomic mass is 10.1. The van der Waals surface area contributed by atoms with E-state index in [2.05, 4.69) is 0 Å². The van der Waals surface area contributed by atoms with Crippen LogP contribution in [0, 0.1) is 17.0 Å². The largest absolute Gasteiger partial charge is 0.461 e. The molecule has 4 nitrogen and oxygen atoms in total. The van der Waals surface area contributed by atoms with Gasteiger partial charge in [0.1, 0.15) is 11.5 Å². The van der Waals surface area contributed by atoms with E-state index in [0.717, 1.165) is 11.3 Å². The lowest BCUT2D eigenvalue weighted by Crippen LogP contribution is -1.87. The van der Waals surface area contributed by atoms with Gasteiger partial charge in [-0.1, -0.05) is 12.1 Å². The highest BCUT2D eigenvalue weighted by Gasteiger charge is 2.08. The first-order valence-electron chi connectivity index (χ1n) is 4.48. The average molecular weight is 203 g/mol. The minimum absolute atomic E-state index is 0.0709. The van der Waals surface area contributed by atoms with Gasteiger partial charge in [0.15, 0.2) is 0 Å². The van der Waals surface area contributed by atoms with Crippen molar-refractivity contribution in [2.24, 2.45) is 0 Å². The van der Waals surface area contributed by atoms with Crippen LogP contribution in [0.4, 0.5) is 5.69 Å².